The van der Waals surface area contributed by atoms with Crippen LogP contribution >= 0.6 is 12.2 Å². The second-order valence-corrected chi connectivity index (χ2v) is 3.06. The summed E-state index contributed by atoms with van der Waals surface area (Å²) in [6, 6.07) is 3.99. The molecule has 0 saturated heterocycles. The summed E-state index contributed by atoms with van der Waals surface area (Å²) in [6.45, 7) is 4.02. The minimum Gasteiger partial charge on any atom is -0.261 e. The molecule has 1 aromatic rings. The zero-order valence-electron chi connectivity index (χ0n) is 6.79. The number of rotatable bonds is 2. The standard InChI is InChI=1S/C9H11NS/c1-3-9-6-8(7(2)11)4-5-10-9/h4-6H,3H2,1-2H3. The van der Waals surface area contributed by atoms with Gasteiger partial charge in [0.1, 0.15) is 0 Å². The van der Waals surface area contributed by atoms with Gasteiger partial charge in [-0.25, -0.2) is 0 Å². The van der Waals surface area contributed by atoms with Gasteiger partial charge in [0.15, 0.2) is 0 Å². The van der Waals surface area contributed by atoms with Crippen molar-refractivity contribution in [1.29, 1.82) is 0 Å². The van der Waals surface area contributed by atoms with E-state index in [9.17, 15) is 0 Å². The summed E-state index contributed by atoms with van der Waals surface area (Å²) in [7, 11) is 0. The zero-order valence-corrected chi connectivity index (χ0v) is 7.61. The average molecular weight is 165 g/mol. The van der Waals surface area contributed by atoms with E-state index in [0.29, 0.717) is 0 Å². The predicted molar refractivity (Wildman–Crippen MR) is 51.0 cm³/mol. The lowest BCUT2D eigenvalue weighted by atomic mass is 10.1. The molecule has 1 aromatic heterocycles. The first-order valence-electron chi connectivity index (χ1n) is 3.70. The second-order valence-electron chi connectivity index (χ2n) is 2.45. The molecule has 1 rings (SSSR count). The molecule has 0 aliphatic carbocycles. The molecule has 2 heteroatoms. The maximum Gasteiger partial charge on any atom is 0.0407 e. The van der Waals surface area contributed by atoms with Crippen molar-refractivity contribution in [1.82, 2.24) is 4.98 Å². The Morgan fingerprint density at radius 2 is 2.36 bits per heavy atom. The Hall–Kier alpha value is -0.760. The largest absolute Gasteiger partial charge is 0.261 e. The monoisotopic (exact) mass is 165 g/mol. The molecule has 0 unspecified atom stereocenters. The van der Waals surface area contributed by atoms with Gasteiger partial charge in [-0.1, -0.05) is 19.1 Å². The summed E-state index contributed by atoms with van der Waals surface area (Å²) in [6.07, 6.45) is 2.78. The van der Waals surface area contributed by atoms with Gasteiger partial charge in [-0.2, -0.15) is 0 Å². The van der Waals surface area contributed by atoms with Gasteiger partial charge in [0.2, 0.25) is 0 Å². The molecular weight excluding hydrogens is 154 g/mol. The molecule has 0 saturated carbocycles. The van der Waals surface area contributed by atoms with E-state index in [0.717, 1.165) is 22.5 Å². The van der Waals surface area contributed by atoms with E-state index in [1.54, 1.807) is 0 Å². The van der Waals surface area contributed by atoms with Crippen LogP contribution in [-0.4, -0.2) is 9.85 Å². The third-order valence-corrected chi connectivity index (χ3v) is 1.82. The predicted octanol–water partition coefficient (Wildman–Crippen LogP) is 2.38. The van der Waals surface area contributed by atoms with E-state index >= 15 is 0 Å². The quantitative estimate of drug-likeness (QED) is 0.493. The van der Waals surface area contributed by atoms with Crippen LogP contribution in [0.15, 0.2) is 18.3 Å². The lowest BCUT2D eigenvalue weighted by Gasteiger charge is -1.99. The smallest absolute Gasteiger partial charge is 0.0407 e. The minimum absolute atomic E-state index is 0.933. The third kappa shape index (κ3) is 2.09. The summed E-state index contributed by atoms with van der Waals surface area (Å²) < 4.78 is 0. The van der Waals surface area contributed by atoms with Crippen LogP contribution in [0.25, 0.3) is 0 Å². The normalized spacial score (nSPS) is 9.64. The van der Waals surface area contributed by atoms with E-state index < -0.39 is 0 Å². The molecule has 1 heterocycles. The minimum atomic E-state index is 0.933. The molecule has 1 nitrogen and oxygen atoms in total. The van der Waals surface area contributed by atoms with Crippen molar-refractivity contribution < 1.29 is 0 Å². The van der Waals surface area contributed by atoms with E-state index in [4.69, 9.17) is 12.2 Å². The number of aromatic nitrogens is 1. The molecular formula is C9H11NS. The van der Waals surface area contributed by atoms with Crippen LogP contribution in [0.3, 0.4) is 0 Å². The SMILES string of the molecule is CCc1cc(C(C)=S)ccn1. The number of nitrogens with zero attached hydrogens (tertiary/aromatic N) is 1. The number of hydrogen-bond acceptors (Lipinski definition) is 2. The molecule has 0 aliphatic heterocycles. The number of hydrogen-bond donors (Lipinski definition) is 0. The Morgan fingerprint density at radius 1 is 1.64 bits per heavy atom. The first kappa shape index (κ1) is 8.34. The van der Waals surface area contributed by atoms with Crippen molar-refractivity contribution in [3.05, 3.63) is 29.6 Å². The third-order valence-electron chi connectivity index (χ3n) is 1.59. The van der Waals surface area contributed by atoms with Crippen molar-refractivity contribution >= 4 is 17.1 Å². The van der Waals surface area contributed by atoms with Gasteiger partial charge in [-0.15, -0.1) is 0 Å². The molecule has 0 radical (unpaired) electrons. The van der Waals surface area contributed by atoms with E-state index in [1.165, 1.54) is 0 Å². The Labute approximate surface area is 72.5 Å². The topological polar surface area (TPSA) is 12.9 Å². The van der Waals surface area contributed by atoms with Crippen molar-refractivity contribution in [2.75, 3.05) is 0 Å². The van der Waals surface area contributed by atoms with Crippen LogP contribution in [0.4, 0.5) is 0 Å². The van der Waals surface area contributed by atoms with Gasteiger partial charge in [0.25, 0.3) is 0 Å². The van der Waals surface area contributed by atoms with Crippen LogP contribution < -0.4 is 0 Å². The molecule has 0 aromatic carbocycles. The molecule has 0 aliphatic rings. The van der Waals surface area contributed by atoms with Crippen molar-refractivity contribution in [2.24, 2.45) is 0 Å². The molecule has 11 heavy (non-hydrogen) atoms. The van der Waals surface area contributed by atoms with Crippen molar-refractivity contribution in [3.8, 4) is 0 Å². The van der Waals surface area contributed by atoms with E-state index in [1.807, 2.05) is 25.3 Å². The molecule has 0 amide bonds. The zero-order chi connectivity index (χ0) is 8.27. The summed E-state index contributed by atoms with van der Waals surface area (Å²) in [5.74, 6) is 0. The maximum atomic E-state index is 5.04. The highest BCUT2D eigenvalue weighted by molar-refractivity contribution is 7.80. The van der Waals surface area contributed by atoms with Crippen LogP contribution in [0.1, 0.15) is 25.1 Å². The van der Waals surface area contributed by atoms with Gasteiger partial charge in [0, 0.05) is 16.8 Å². The van der Waals surface area contributed by atoms with Crippen LogP contribution in [0.5, 0.6) is 0 Å². The molecule has 0 bridgehead atoms. The van der Waals surface area contributed by atoms with Gasteiger partial charge in [0.05, 0.1) is 0 Å². The van der Waals surface area contributed by atoms with Gasteiger partial charge >= 0.3 is 0 Å². The summed E-state index contributed by atoms with van der Waals surface area (Å²) in [5.41, 5.74) is 2.22. The molecule has 0 fully saturated rings. The Balaban J connectivity index is 3.01. The lowest BCUT2D eigenvalue weighted by Crippen LogP contribution is -1.93. The second kappa shape index (κ2) is 3.58. The Kier molecular flexibility index (Phi) is 2.71. The fourth-order valence-electron chi connectivity index (χ4n) is 0.891. The van der Waals surface area contributed by atoms with E-state index in [-0.39, 0.29) is 0 Å². The highest BCUT2D eigenvalue weighted by atomic mass is 32.1. The first-order valence-corrected chi connectivity index (χ1v) is 4.10. The summed E-state index contributed by atoms with van der Waals surface area (Å²) in [5, 5.41) is 0. The van der Waals surface area contributed by atoms with E-state index in [2.05, 4.69) is 11.9 Å². The lowest BCUT2D eigenvalue weighted by molar-refractivity contribution is 1.03. The maximum absolute atomic E-state index is 5.04. The van der Waals surface area contributed by atoms with Crippen LogP contribution in [-0.2, 0) is 6.42 Å². The summed E-state index contributed by atoms with van der Waals surface area (Å²) in [4.78, 5) is 5.11. The van der Waals surface area contributed by atoms with Crippen molar-refractivity contribution in [2.45, 2.75) is 20.3 Å². The molecule has 0 N–H and O–H groups in total. The fraction of sp³-hybridized carbons (Fsp3) is 0.333. The number of aryl methyl sites for hydroxylation is 1. The van der Waals surface area contributed by atoms with Gasteiger partial charge in [-0.05, 0) is 31.0 Å². The summed E-state index contributed by atoms with van der Waals surface area (Å²) >= 11 is 5.04. The first-order chi connectivity index (χ1) is 5.24. The molecule has 58 valence electrons. The molecule has 0 atom stereocenters. The number of pyridine rings is 1. The van der Waals surface area contributed by atoms with Gasteiger partial charge < -0.3 is 0 Å². The van der Waals surface area contributed by atoms with Crippen molar-refractivity contribution in [3.63, 3.8) is 0 Å². The average Bonchev–Trinajstić information content (AvgIpc) is 2.05. The highest BCUT2D eigenvalue weighted by Gasteiger charge is 1.95. The fourth-order valence-corrected chi connectivity index (χ4v) is 1.02. The Morgan fingerprint density at radius 3 is 2.91 bits per heavy atom. The Bertz CT molecular complexity index is 268. The number of thiocarbonyl (C=S) groups is 1. The molecule has 0 spiro atoms. The van der Waals surface area contributed by atoms with Crippen LogP contribution in [0.2, 0.25) is 0 Å². The van der Waals surface area contributed by atoms with Crippen LogP contribution in [0, 0.1) is 0 Å². The van der Waals surface area contributed by atoms with Gasteiger partial charge in [-0.3, -0.25) is 4.98 Å². The highest BCUT2D eigenvalue weighted by Crippen LogP contribution is 2.03.